The number of aromatic nitrogens is 5. The van der Waals surface area contributed by atoms with Crippen LogP contribution in [-0.2, 0) is 13.1 Å². The van der Waals surface area contributed by atoms with Crippen molar-refractivity contribution in [2.24, 2.45) is 5.92 Å². The average molecular weight is 283 g/mol. The summed E-state index contributed by atoms with van der Waals surface area (Å²) in [4.78, 5) is 24.9. The Morgan fingerprint density at radius 2 is 2.00 bits per heavy atom. The van der Waals surface area contributed by atoms with Gasteiger partial charge in [-0.1, -0.05) is 13.8 Å². The quantitative estimate of drug-likeness (QED) is 0.731. The molecule has 0 N–H and O–H groups in total. The molecule has 0 aliphatic rings. The van der Waals surface area contributed by atoms with Gasteiger partial charge in [-0.2, -0.15) is 0 Å². The van der Waals surface area contributed by atoms with Crippen LogP contribution in [0.25, 0.3) is 10.9 Å². The van der Waals surface area contributed by atoms with Crippen LogP contribution in [0.15, 0.2) is 42.1 Å². The summed E-state index contributed by atoms with van der Waals surface area (Å²) < 4.78 is 3.68. The van der Waals surface area contributed by atoms with E-state index in [1.807, 2.05) is 0 Å². The molecule has 0 spiro atoms. The van der Waals surface area contributed by atoms with E-state index >= 15 is 0 Å². The highest BCUT2D eigenvalue weighted by atomic mass is 16.1. The summed E-state index contributed by atoms with van der Waals surface area (Å²) in [6.45, 7) is 5.66. The van der Waals surface area contributed by atoms with Crippen molar-refractivity contribution in [1.82, 2.24) is 24.1 Å². The van der Waals surface area contributed by atoms with Gasteiger partial charge in [-0.3, -0.25) is 14.3 Å². The number of hydrogen-bond donors (Lipinski definition) is 0. The number of fused-ring (bicyclic) bond motifs is 1. The summed E-state index contributed by atoms with van der Waals surface area (Å²) >= 11 is 0. The van der Waals surface area contributed by atoms with Gasteiger partial charge in [-0.15, -0.1) is 0 Å². The Balaban J connectivity index is 1.97. The van der Waals surface area contributed by atoms with E-state index in [-0.39, 0.29) is 5.56 Å². The Morgan fingerprint density at radius 1 is 1.14 bits per heavy atom. The Hall–Kier alpha value is -2.50. The first-order valence-corrected chi connectivity index (χ1v) is 6.93. The number of rotatable bonds is 4. The van der Waals surface area contributed by atoms with E-state index < -0.39 is 0 Å². The fourth-order valence-electron chi connectivity index (χ4n) is 2.33. The molecule has 0 atom stereocenters. The lowest BCUT2D eigenvalue weighted by Crippen LogP contribution is -2.22. The van der Waals surface area contributed by atoms with E-state index in [9.17, 15) is 4.79 Å². The third kappa shape index (κ3) is 2.69. The van der Waals surface area contributed by atoms with Gasteiger partial charge in [0, 0.05) is 18.9 Å². The Bertz CT molecular complexity index is 818. The number of nitrogens with zero attached hydrogens (tertiary/aromatic N) is 5. The minimum atomic E-state index is -0.0558. The monoisotopic (exact) mass is 283 g/mol. The second-order valence-corrected chi connectivity index (χ2v) is 5.50. The Morgan fingerprint density at radius 3 is 2.81 bits per heavy atom. The Kier molecular flexibility index (Phi) is 3.51. The van der Waals surface area contributed by atoms with E-state index in [2.05, 4.69) is 33.4 Å². The van der Waals surface area contributed by atoms with Crippen LogP contribution >= 0.6 is 0 Å². The summed E-state index contributed by atoms with van der Waals surface area (Å²) in [6.07, 6.45) is 8.38. The SMILES string of the molecule is CC(C)Cn1cncc1Cn1cnc2cnccc2c1=O. The van der Waals surface area contributed by atoms with Crippen molar-refractivity contribution in [1.29, 1.82) is 0 Å². The lowest BCUT2D eigenvalue weighted by Gasteiger charge is -2.11. The standard InChI is InChI=1S/C15H17N5O/c1-11(2)7-19-9-17-5-12(19)8-20-10-18-14-6-16-4-3-13(14)15(20)21/h3-6,9-11H,7-8H2,1-2H3. The van der Waals surface area contributed by atoms with Crippen LogP contribution < -0.4 is 5.56 Å². The van der Waals surface area contributed by atoms with E-state index in [4.69, 9.17) is 0 Å². The van der Waals surface area contributed by atoms with Gasteiger partial charge in [0.05, 0.1) is 42.0 Å². The molecule has 0 radical (unpaired) electrons. The highest BCUT2D eigenvalue weighted by Crippen LogP contribution is 2.07. The first-order chi connectivity index (χ1) is 10.1. The first kappa shape index (κ1) is 13.5. The third-order valence-electron chi connectivity index (χ3n) is 3.32. The molecule has 0 unspecified atom stereocenters. The molecular weight excluding hydrogens is 266 g/mol. The molecule has 6 nitrogen and oxygen atoms in total. The predicted octanol–water partition coefficient (Wildman–Crippen LogP) is 1.69. The van der Waals surface area contributed by atoms with Crippen molar-refractivity contribution in [2.75, 3.05) is 0 Å². The molecule has 0 saturated carbocycles. The molecule has 3 rings (SSSR count). The van der Waals surface area contributed by atoms with Gasteiger partial charge in [0.2, 0.25) is 0 Å². The smallest absolute Gasteiger partial charge is 0.261 e. The molecule has 108 valence electrons. The molecule has 0 aliphatic heterocycles. The van der Waals surface area contributed by atoms with Crippen LogP contribution in [0.4, 0.5) is 0 Å². The van der Waals surface area contributed by atoms with Crippen LogP contribution in [0, 0.1) is 5.92 Å². The molecular formula is C15H17N5O. The van der Waals surface area contributed by atoms with Crippen LogP contribution in [0.1, 0.15) is 19.5 Å². The second kappa shape index (κ2) is 5.47. The molecule has 3 aromatic rings. The van der Waals surface area contributed by atoms with Gasteiger partial charge < -0.3 is 4.57 Å². The normalized spacial score (nSPS) is 11.4. The molecule has 21 heavy (non-hydrogen) atoms. The Labute approximate surface area is 122 Å². The molecule has 0 amide bonds. The lowest BCUT2D eigenvalue weighted by atomic mass is 10.2. The zero-order valence-electron chi connectivity index (χ0n) is 12.1. The summed E-state index contributed by atoms with van der Waals surface area (Å²) in [5.41, 5.74) is 1.56. The van der Waals surface area contributed by atoms with Crippen molar-refractivity contribution in [3.05, 3.63) is 53.4 Å². The third-order valence-corrected chi connectivity index (χ3v) is 3.32. The van der Waals surface area contributed by atoms with Crippen LogP contribution in [0.2, 0.25) is 0 Å². The minimum Gasteiger partial charge on any atom is -0.333 e. The van der Waals surface area contributed by atoms with Crippen molar-refractivity contribution >= 4 is 10.9 Å². The summed E-state index contributed by atoms with van der Waals surface area (Å²) in [5, 5.41) is 0.586. The average Bonchev–Trinajstić information content (AvgIpc) is 2.89. The maximum atomic E-state index is 12.5. The second-order valence-electron chi connectivity index (χ2n) is 5.50. The van der Waals surface area contributed by atoms with Crippen LogP contribution in [0.5, 0.6) is 0 Å². The zero-order valence-corrected chi connectivity index (χ0v) is 12.1. The number of imidazole rings is 1. The van der Waals surface area contributed by atoms with Crippen molar-refractivity contribution in [2.45, 2.75) is 26.9 Å². The number of hydrogen-bond acceptors (Lipinski definition) is 4. The molecule has 0 saturated heterocycles. The molecule has 6 heteroatoms. The van der Waals surface area contributed by atoms with Crippen molar-refractivity contribution in [3.8, 4) is 0 Å². The lowest BCUT2D eigenvalue weighted by molar-refractivity contribution is 0.502. The highest BCUT2D eigenvalue weighted by molar-refractivity contribution is 5.75. The van der Waals surface area contributed by atoms with E-state index in [1.54, 1.807) is 41.9 Å². The van der Waals surface area contributed by atoms with Crippen LogP contribution in [0.3, 0.4) is 0 Å². The first-order valence-electron chi connectivity index (χ1n) is 6.93. The molecule has 0 fully saturated rings. The fourth-order valence-corrected chi connectivity index (χ4v) is 2.33. The molecule has 0 aliphatic carbocycles. The van der Waals surface area contributed by atoms with Crippen molar-refractivity contribution < 1.29 is 0 Å². The fraction of sp³-hybridized carbons (Fsp3) is 0.333. The predicted molar refractivity (Wildman–Crippen MR) is 80.0 cm³/mol. The molecule has 3 heterocycles. The van der Waals surface area contributed by atoms with Gasteiger partial charge in [0.1, 0.15) is 0 Å². The highest BCUT2D eigenvalue weighted by Gasteiger charge is 2.08. The molecule has 0 bridgehead atoms. The summed E-state index contributed by atoms with van der Waals surface area (Å²) in [7, 11) is 0. The van der Waals surface area contributed by atoms with Gasteiger partial charge in [-0.25, -0.2) is 9.97 Å². The van der Waals surface area contributed by atoms with E-state index in [0.29, 0.717) is 23.4 Å². The topological polar surface area (TPSA) is 65.6 Å². The number of pyridine rings is 1. The molecule has 0 aromatic carbocycles. The van der Waals surface area contributed by atoms with Gasteiger partial charge >= 0.3 is 0 Å². The maximum absolute atomic E-state index is 12.5. The van der Waals surface area contributed by atoms with Gasteiger partial charge in [0.25, 0.3) is 5.56 Å². The summed E-state index contributed by atoms with van der Waals surface area (Å²) in [6, 6.07) is 1.70. The maximum Gasteiger partial charge on any atom is 0.261 e. The van der Waals surface area contributed by atoms with E-state index in [1.165, 1.54) is 0 Å². The van der Waals surface area contributed by atoms with Gasteiger partial charge in [0.15, 0.2) is 0 Å². The van der Waals surface area contributed by atoms with Crippen molar-refractivity contribution in [3.63, 3.8) is 0 Å². The van der Waals surface area contributed by atoms with Crippen LogP contribution in [-0.4, -0.2) is 24.1 Å². The minimum absolute atomic E-state index is 0.0558. The van der Waals surface area contributed by atoms with Gasteiger partial charge in [-0.05, 0) is 12.0 Å². The zero-order chi connectivity index (χ0) is 14.8. The summed E-state index contributed by atoms with van der Waals surface area (Å²) in [5.74, 6) is 0.524. The molecule has 3 aromatic heterocycles. The largest absolute Gasteiger partial charge is 0.333 e. The van der Waals surface area contributed by atoms with E-state index in [0.717, 1.165) is 12.2 Å².